The van der Waals surface area contributed by atoms with E-state index in [0.717, 1.165) is 0 Å². The lowest BCUT2D eigenvalue weighted by Crippen LogP contribution is -2.35. The second kappa shape index (κ2) is 6.32. The third kappa shape index (κ3) is 5.48. The van der Waals surface area contributed by atoms with Crippen molar-refractivity contribution < 1.29 is 14.7 Å². The van der Waals surface area contributed by atoms with E-state index >= 15 is 0 Å². The molecule has 0 spiro atoms. The van der Waals surface area contributed by atoms with Crippen LogP contribution in [-0.2, 0) is 9.59 Å². The molecule has 1 atom stereocenters. The van der Waals surface area contributed by atoms with Gasteiger partial charge in [0.05, 0.1) is 12.5 Å². The molecular formula is C10H17NO3. The molecule has 0 radical (unpaired) electrons. The fourth-order valence-electron chi connectivity index (χ4n) is 1.17. The summed E-state index contributed by atoms with van der Waals surface area (Å²) in [5.41, 5.74) is 0. The van der Waals surface area contributed by atoms with Crippen LogP contribution in [0.5, 0.6) is 0 Å². The molecule has 0 aromatic carbocycles. The predicted octanol–water partition coefficient (Wildman–Crippen LogP) is 0.784. The quantitative estimate of drug-likeness (QED) is 0.616. The van der Waals surface area contributed by atoms with Crippen molar-refractivity contribution in [3.63, 3.8) is 0 Å². The number of carboxylic acids is 1. The van der Waals surface area contributed by atoms with E-state index in [1.165, 1.54) is 6.92 Å². The van der Waals surface area contributed by atoms with Gasteiger partial charge in [0.25, 0.3) is 0 Å². The second-order valence-electron chi connectivity index (χ2n) is 3.42. The van der Waals surface area contributed by atoms with Crippen LogP contribution in [0.15, 0.2) is 12.7 Å². The number of Topliss-reactive ketones (excluding diaryl/α,β-unsaturated/α-hetero) is 1. The predicted molar refractivity (Wildman–Crippen MR) is 54.1 cm³/mol. The molecular weight excluding hydrogens is 182 g/mol. The lowest BCUT2D eigenvalue weighted by molar-refractivity contribution is -0.142. The number of carboxylic acid groups (broad SMARTS) is 1. The summed E-state index contributed by atoms with van der Waals surface area (Å²) in [6.45, 7) is 7.87. The molecule has 80 valence electrons. The van der Waals surface area contributed by atoms with E-state index in [1.807, 2.05) is 0 Å². The highest BCUT2D eigenvalue weighted by molar-refractivity contribution is 5.77. The highest BCUT2D eigenvalue weighted by Crippen LogP contribution is 2.00. The van der Waals surface area contributed by atoms with Gasteiger partial charge in [-0.25, -0.2) is 0 Å². The van der Waals surface area contributed by atoms with E-state index in [-0.39, 0.29) is 12.3 Å². The molecule has 4 heteroatoms. The van der Waals surface area contributed by atoms with Crippen molar-refractivity contribution in [2.45, 2.75) is 13.8 Å². The second-order valence-corrected chi connectivity index (χ2v) is 3.42. The van der Waals surface area contributed by atoms with Crippen LogP contribution in [0.1, 0.15) is 13.8 Å². The van der Waals surface area contributed by atoms with Crippen LogP contribution >= 0.6 is 0 Å². The van der Waals surface area contributed by atoms with Gasteiger partial charge in [-0.05, 0) is 6.92 Å². The number of hydrogen-bond acceptors (Lipinski definition) is 3. The van der Waals surface area contributed by atoms with Crippen LogP contribution in [0.25, 0.3) is 0 Å². The molecule has 0 rings (SSSR count). The van der Waals surface area contributed by atoms with E-state index in [1.54, 1.807) is 17.9 Å². The van der Waals surface area contributed by atoms with Gasteiger partial charge >= 0.3 is 5.97 Å². The molecule has 0 saturated heterocycles. The van der Waals surface area contributed by atoms with Gasteiger partial charge in [-0.3, -0.25) is 14.5 Å². The van der Waals surface area contributed by atoms with Gasteiger partial charge in [-0.1, -0.05) is 13.0 Å². The maximum atomic E-state index is 10.9. The first-order valence-electron chi connectivity index (χ1n) is 4.52. The molecule has 0 aromatic rings. The van der Waals surface area contributed by atoms with Gasteiger partial charge in [0.15, 0.2) is 0 Å². The molecule has 0 aliphatic rings. The monoisotopic (exact) mass is 199 g/mol. The highest BCUT2D eigenvalue weighted by Gasteiger charge is 2.15. The van der Waals surface area contributed by atoms with Crippen LogP contribution in [0, 0.1) is 5.92 Å². The van der Waals surface area contributed by atoms with Crippen molar-refractivity contribution in [2.75, 3.05) is 19.6 Å². The van der Waals surface area contributed by atoms with Gasteiger partial charge in [-0.2, -0.15) is 0 Å². The van der Waals surface area contributed by atoms with E-state index in [0.29, 0.717) is 13.1 Å². The highest BCUT2D eigenvalue weighted by atomic mass is 16.4. The minimum atomic E-state index is -0.845. The van der Waals surface area contributed by atoms with Gasteiger partial charge in [0, 0.05) is 13.1 Å². The summed E-state index contributed by atoms with van der Waals surface area (Å²) in [5.74, 6) is -1.28. The number of rotatable bonds is 7. The Morgan fingerprint density at radius 3 is 2.50 bits per heavy atom. The van der Waals surface area contributed by atoms with Gasteiger partial charge in [-0.15, -0.1) is 6.58 Å². The van der Waals surface area contributed by atoms with Crippen molar-refractivity contribution in [2.24, 2.45) is 5.92 Å². The Morgan fingerprint density at radius 1 is 1.57 bits per heavy atom. The van der Waals surface area contributed by atoms with Crippen LogP contribution in [0.3, 0.4) is 0 Å². The largest absolute Gasteiger partial charge is 0.481 e. The van der Waals surface area contributed by atoms with Crippen LogP contribution in [0.2, 0.25) is 0 Å². The Morgan fingerprint density at radius 2 is 2.14 bits per heavy atom. The molecule has 0 bridgehead atoms. The fourth-order valence-corrected chi connectivity index (χ4v) is 1.17. The Bertz CT molecular complexity index is 225. The van der Waals surface area contributed by atoms with Gasteiger partial charge in [0.1, 0.15) is 5.78 Å². The third-order valence-electron chi connectivity index (χ3n) is 1.79. The summed E-state index contributed by atoms with van der Waals surface area (Å²) >= 11 is 0. The molecule has 0 aliphatic carbocycles. The fraction of sp³-hybridized carbons (Fsp3) is 0.600. The normalized spacial score (nSPS) is 12.5. The zero-order valence-electron chi connectivity index (χ0n) is 8.69. The van der Waals surface area contributed by atoms with Gasteiger partial charge < -0.3 is 5.11 Å². The van der Waals surface area contributed by atoms with Gasteiger partial charge in [0.2, 0.25) is 0 Å². The Hall–Kier alpha value is -1.16. The molecule has 0 heterocycles. The van der Waals surface area contributed by atoms with Crippen LogP contribution in [0.4, 0.5) is 0 Å². The first-order chi connectivity index (χ1) is 6.47. The average molecular weight is 199 g/mol. The number of hydrogen-bond donors (Lipinski definition) is 1. The maximum absolute atomic E-state index is 10.9. The molecule has 0 fully saturated rings. The molecule has 0 saturated carbocycles. The molecule has 14 heavy (non-hydrogen) atoms. The molecule has 0 aliphatic heterocycles. The van der Waals surface area contributed by atoms with E-state index in [2.05, 4.69) is 6.58 Å². The minimum absolute atomic E-state index is 0.0319. The van der Waals surface area contributed by atoms with Crippen molar-refractivity contribution in [3.8, 4) is 0 Å². The molecule has 1 N–H and O–H groups in total. The zero-order valence-corrected chi connectivity index (χ0v) is 8.69. The molecule has 0 aromatic heterocycles. The Labute approximate surface area is 84.2 Å². The van der Waals surface area contributed by atoms with E-state index in [9.17, 15) is 9.59 Å². The van der Waals surface area contributed by atoms with Crippen LogP contribution < -0.4 is 0 Å². The number of ketones is 1. The minimum Gasteiger partial charge on any atom is -0.481 e. The number of aliphatic carboxylic acids is 1. The topological polar surface area (TPSA) is 57.6 Å². The summed E-state index contributed by atoms with van der Waals surface area (Å²) in [6, 6.07) is 0. The smallest absolute Gasteiger partial charge is 0.307 e. The number of carbonyl (C=O) groups is 2. The van der Waals surface area contributed by atoms with E-state index < -0.39 is 11.9 Å². The Balaban J connectivity index is 4.13. The number of nitrogens with zero attached hydrogens (tertiary/aromatic N) is 1. The van der Waals surface area contributed by atoms with E-state index in [4.69, 9.17) is 5.11 Å². The molecule has 1 unspecified atom stereocenters. The standard InChI is InChI=1S/C10H17NO3/c1-4-5-11(7-9(3)12)6-8(2)10(13)14/h4,8H,1,5-7H2,2-3H3,(H,13,14). The maximum Gasteiger partial charge on any atom is 0.307 e. The van der Waals surface area contributed by atoms with Crippen molar-refractivity contribution in [3.05, 3.63) is 12.7 Å². The zero-order chi connectivity index (χ0) is 11.1. The van der Waals surface area contributed by atoms with Crippen LogP contribution in [-0.4, -0.2) is 41.4 Å². The first-order valence-corrected chi connectivity index (χ1v) is 4.52. The molecule has 0 amide bonds. The van der Waals surface area contributed by atoms with Crippen molar-refractivity contribution >= 4 is 11.8 Å². The lowest BCUT2D eigenvalue weighted by Gasteiger charge is -2.20. The molecule has 4 nitrogen and oxygen atoms in total. The Kier molecular flexibility index (Phi) is 5.79. The average Bonchev–Trinajstić information content (AvgIpc) is 2.02. The summed E-state index contributed by atoms with van der Waals surface area (Å²) in [6.07, 6.45) is 1.66. The lowest BCUT2D eigenvalue weighted by atomic mass is 10.1. The van der Waals surface area contributed by atoms with Crippen molar-refractivity contribution in [1.82, 2.24) is 4.90 Å². The SMILES string of the molecule is C=CCN(CC(C)=O)CC(C)C(=O)O. The van der Waals surface area contributed by atoms with Crippen molar-refractivity contribution in [1.29, 1.82) is 0 Å². The summed E-state index contributed by atoms with van der Waals surface area (Å²) in [4.78, 5) is 23.2. The third-order valence-corrected chi connectivity index (χ3v) is 1.79. The first kappa shape index (κ1) is 12.8. The summed E-state index contributed by atoms with van der Waals surface area (Å²) in [7, 11) is 0. The summed E-state index contributed by atoms with van der Waals surface area (Å²) in [5, 5.41) is 8.70. The summed E-state index contributed by atoms with van der Waals surface area (Å²) < 4.78 is 0. The number of carbonyl (C=O) groups excluding carboxylic acids is 1.